The minimum atomic E-state index is -0.0201. The summed E-state index contributed by atoms with van der Waals surface area (Å²) in [5.41, 5.74) is 2.12. The quantitative estimate of drug-likeness (QED) is 0.790. The predicted octanol–water partition coefficient (Wildman–Crippen LogP) is 3.65. The van der Waals surface area contributed by atoms with Gasteiger partial charge in [0.1, 0.15) is 0 Å². The highest BCUT2D eigenvalue weighted by Crippen LogP contribution is 2.26. The molecule has 1 aliphatic heterocycles. The molecule has 0 amide bonds. The second kappa shape index (κ2) is 6.77. The summed E-state index contributed by atoms with van der Waals surface area (Å²) in [6, 6.07) is 8.06. The summed E-state index contributed by atoms with van der Waals surface area (Å²) in [7, 11) is 0. The number of hydrogen-bond acceptors (Lipinski definition) is 3. The van der Waals surface area contributed by atoms with Crippen molar-refractivity contribution in [2.45, 2.75) is 50.7 Å². The number of nitrogens with zero attached hydrogens (tertiary/aromatic N) is 1. The predicted molar refractivity (Wildman–Crippen MR) is 87.7 cm³/mol. The van der Waals surface area contributed by atoms with Crippen LogP contribution in [0.4, 0.5) is 0 Å². The van der Waals surface area contributed by atoms with Gasteiger partial charge in [0, 0.05) is 29.2 Å². The number of rotatable bonds is 4. The molecule has 0 aromatic heterocycles. The van der Waals surface area contributed by atoms with E-state index in [1.807, 2.05) is 30.8 Å². The zero-order valence-corrected chi connectivity index (χ0v) is 13.7. The molecule has 2 rings (SSSR count). The molecule has 0 N–H and O–H groups in total. The van der Waals surface area contributed by atoms with Crippen molar-refractivity contribution in [1.82, 2.24) is 4.90 Å². The number of aryl methyl sites for hydroxylation is 1. The minimum Gasteiger partial charge on any atom is -0.292 e. The fourth-order valence-electron chi connectivity index (χ4n) is 2.85. The highest BCUT2D eigenvalue weighted by atomic mass is 32.2. The number of ketones is 1. The van der Waals surface area contributed by atoms with Gasteiger partial charge in [-0.3, -0.25) is 9.69 Å². The Bertz CT molecular complexity index is 447. The number of carbonyl (C=O) groups is 1. The van der Waals surface area contributed by atoms with E-state index in [4.69, 9.17) is 0 Å². The molecule has 20 heavy (non-hydrogen) atoms. The molecule has 3 heteroatoms. The lowest BCUT2D eigenvalue weighted by atomic mass is 10.0. The van der Waals surface area contributed by atoms with Crippen molar-refractivity contribution in [3.8, 4) is 0 Å². The van der Waals surface area contributed by atoms with Crippen LogP contribution in [-0.4, -0.2) is 40.3 Å². The Balaban J connectivity index is 2.07. The molecule has 1 fully saturated rings. The van der Waals surface area contributed by atoms with E-state index in [1.54, 1.807) is 0 Å². The Morgan fingerprint density at radius 3 is 2.30 bits per heavy atom. The van der Waals surface area contributed by atoms with Gasteiger partial charge in [0.25, 0.3) is 0 Å². The van der Waals surface area contributed by atoms with Gasteiger partial charge in [-0.05, 0) is 18.9 Å². The van der Waals surface area contributed by atoms with Crippen LogP contribution in [0.3, 0.4) is 0 Å². The molecule has 1 aromatic carbocycles. The molecule has 0 radical (unpaired) electrons. The van der Waals surface area contributed by atoms with E-state index in [2.05, 4.69) is 37.8 Å². The third-order valence-electron chi connectivity index (χ3n) is 4.02. The summed E-state index contributed by atoms with van der Waals surface area (Å²) in [5.74, 6) is 0.249. The van der Waals surface area contributed by atoms with E-state index >= 15 is 0 Å². The normalized spacial score (nSPS) is 25.4. The first-order valence-corrected chi connectivity index (χ1v) is 8.48. The molecule has 110 valence electrons. The molecule has 1 aliphatic rings. The van der Waals surface area contributed by atoms with E-state index in [1.165, 1.54) is 5.56 Å². The standard InChI is InChI=1S/C17H25NOS/c1-5-15-6-8-16(9-7-15)17(19)14(4)18-10-12(2)20-13(3)11-18/h6-9,12-14H,5,10-11H2,1-4H3. The Kier molecular flexibility index (Phi) is 5.28. The Morgan fingerprint density at radius 2 is 1.80 bits per heavy atom. The lowest BCUT2D eigenvalue weighted by molar-refractivity contribution is 0.0836. The zero-order chi connectivity index (χ0) is 14.7. The van der Waals surface area contributed by atoms with Crippen molar-refractivity contribution >= 4 is 17.5 Å². The molecule has 0 spiro atoms. The van der Waals surface area contributed by atoms with Crippen LogP contribution in [0.25, 0.3) is 0 Å². The lowest BCUT2D eigenvalue weighted by Crippen LogP contribution is -2.48. The van der Waals surface area contributed by atoms with Crippen molar-refractivity contribution in [3.63, 3.8) is 0 Å². The van der Waals surface area contributed by atoms with Crippen LogP contribution in [0.5, 0.6) is 0 Å². The van der Waals surface area contributed by atoms with Crippen LogP contribution < -0.4 is 0 Å². The van der Waals surface area contributed by atoms with Gasteiger partial charge >= 0.3 is 0 Å². The smallest absolute Gasteiger partial charge is 0.179 e. The van der Waals surface area contributed by atoms with E-state index in [-0.39, 0.29) is 11.8 Å². The summed E-state index contributed by atoms with van der Waals surface area (Å²) in [6.45, 7) is 10.7. The average molecular weight is 291 g/mol. The summed E-state index contributed by atoms with van der Waals surface area (Å²) in [6.07, 6.45) is 1.02. The molecule has 0 bridgehead atoms. The van der Waals surface area contributed by atoms with Crippen LogP contribution in [0, 0.1) is 0 Å². The largest absolute Gasteiger partial charge is 0.292 e. The van der Waals surface area contributed by atoms with Gasteiger partial charge in [0.15, 0.2) is 5.78 Å². The summed E-state index contributed by atoms with van der Waals surface area (Å²) in [5, 5.41) is 1.22. The number of hydrogen-bond donors (Lipinski definition) is 0. The molecule has 3 unspecified atom stereocenters. The fraction of sp³-hybridized carbons (Fsp3) is 0.588. The highest BCUT2D eigenvalue weighted by molar-refractivity contribution is 8.00. The first-order chi connectivity index (χ1) is 9.51. The Morgan fingerprint density at radius 1 is 1.25 bits per heavy atom. The van der Waals surface area contributed by atoms with E-state index in [0.29, 0.717) is 10.5 Å². The maximum absolute atomic E-state index is 12.6. The first kappa shape index (κ1) is 15.6. The van der Waals surface area contributed by atoms with Gasteiger partial charge in [0.2, 0.25) is 0 Å². The number of thioether (sulfide) groups is 1. The molecule has 1 aromatic rings. The van der Waals surface area contributed by atoms with Gasteiger partial charge in [-0.15, -0.1) is 0 Å². The molecule has 3 atom stereocenters. The van der Waals surface area contributed by atoms with Crippen LogP contribution in [-0.2, 0) is 6.42 Å². The molecular weight excluding hydrogens is 266 g/mol. The maximum atomic E-state index is 12.6. The van der Waals surface area contributed by atoms with E-state index < -0.39 is 0 Å². The Hall–Kier alpha value is -0.800. The molecule has 1 heterocycles. The maximum Gasteiger partial charge on any atom is 0.179 e. The first-order valence-electron chi connectivity index (χ1n) is 7.54. The fourth-order valence-corrected chi connectivity index (χ4v) is 4.19. The SMILES string of the molecule is CCc1ccc(C(=O)C(C)N2CC(C)SC(C)C2)cc1. The number of benzene rings is 1. The third kappa shape index (κ3) is 3.64. The van der Waals surface area contributed by atoms with Crippen molar-refractivity contribution in [2.75, 3.05) is 13.1 Å². The lowest BCUT2D eigenvalue weighted by Gasteiger charge is -2.37. The van der Waals surface area contributed by atoms with Gasteiger partial charge in [-0.2, -0.15) is 11.8 Å². The van der Waals surface area contributed by atoms with E-state index in [0.717, 1.165) is 25.1 Å². The summed E-state index contributed by atoms with van der Waals surface area (Å²) >= 11 is 2.02. The van der Waals surface area contributed by atoms with Gasteiger partial charge < -0.3 is 0 Å². The molecule has 2 nitrogen and oxygen atoms in total. The topological polar surface area (TPSA) is 20.3 Å². The zero-order valence-electron chi connectivity index (χ0n) is 12.9. The second-order valence-electron chi connectivity index (χ2n) is 5.80. The summed E-state index contributed by atoms with van der Waals surface area (Å²) < 4.78 is 0. The van der Waals surface area contributed by atoms with Gasteiger partial charge in [-0.25, -0.2) is 0 Å². The molecule has 0 saturated carbocycles. The van der Waals surface area contributed by atoms with Crippen molar-refractivity contribution in [1.29, 1.82) is 0 Å². The monoisotopic (exact) mass is 291 g/mol. The van der Waals surface area contributed by atoms with E-state index in [9.17, 15) is 4.79 Å². The highest BCUT2D eigenvalue weighted by Gasteiger charge is 2.29. The summed E-state index contributed by atoms with van der Waals surface area (Å²) in [4.78, 5) is 14.9. The minimum absolute atomic E-state index is 0.0201. The molecular formula is C17H25NOS. The van der Waals surface area contributed by atoms with Crippen LogP contribution >= 0.6 is 11.8 Å². The van der Waals surface area contributed by atoms with Crippen LogP contribution in [0.1, 0.15) is 43.6 Å². The molecule has 0 aliphatic carbocycles. The third-order valence-corrected chi connectivity index (χ3v) is 5.25. The van der Waals surface area contributed by atoms with Gasteiger partial charge in [0.05, 0.1) is 6.04 Å². The van der Waals surface area contributed by atoms with Crippen molar-refractivity contribution in [2.24, 2.45) is 0 Å². The number of Topliss-reactive ketones (excluding diaryl/α,β-unsaturated/α-hetero) is 1. The van der Waals surface area contributed by atoms with Gasteiger partial charge in [-0.1, -0.05) is 45.0 Å². The van der Waals surface area contributed by atoms with Crippen molar-refractivity contribution in [3.05, 3.63) is 35.4 Å². The molecule has 1 saturated heterocycles. The van der Waals surface area contributed by atoms with Crippen LogP contribution in [0.2, 0.25) is 0 Å². The van der Waals surface area contributed by atoms with Crippen molar-refractivity contribution < 1.29 is 4.79 Å². The second-order valence-corrected chi connectivity index (χ2v) is 7.68. The number of carbonyl (C=O) groups excluding carboxylic acids is 1. The Labute approximate surface area is 126 Å². The average Bonchev–Trinajstić information content (AvgIpc) is 2.45. The van der Waals surface area contributed by atoms with Crippen LogP contribution in [0.15, 0.2) is 24.3 Å².